The molecule has 0 fully saturated rings. The molecule has 0 spiro atoms. The van der Waals surface area contributed by atoms with Crippen molar-refractivity contribution < 1.29 is 9.53 Å². The lowest BCUT2D eigenvalue weighted by molar-refractivity contribution is 0.0978. The van der Waals surface area contributed by atoms with Crippen molar-refractivity contribution in [2.45, 2.75) is 12.8 Å². The number of halogens is 1. The molecule has 0 saturated carbocycles. The van der Waals surface area contributed by atoms with Gasteiger partial charge in [-0.15, -0.1) is 0 Å². The van der Waals surface area contributed by atoms with E-state index < -0.39 is 5.92 Å². The molecule has 0 bridgehead atoms. The number of benzene rings is 2. The summed E-state index contributed by atoms with van der Waals surface area (Å²) < 4.78 is 5.79. The summed E-state index contributed by atoms with van der Waals surface area (Å²) >= 11 is 3.36. The Bertz CT molecular complexity index is 702. The van der Waals surface area contributed by atoms with Gasteiger partial charge in [-0.05, 0) is 30.7 Å². The van der Waals surface area contributed by atoms with Crippen LogP contribution in [-0.2, 0) is 0 Å². The van der Waals surface area contributed by atoms with E-state index in [9.17, 15) is 10.1 Å². The van der Waals surface area contributed by atoms with Gasteiger partial charge in [-0.2, -0.15) is 5.26 Å². The normalized spacial score (nSPS) is 11.5. The highest BCUT2D eigenvalue weighted by Gasteiger charge is 2.24. The summed E-state index contributed by atoms with van der Waals surface area (Å²) in [6.45, 7) is 1.96. The Morgan fingerprint density at radius 3 is 2.48 bits per heavy atom. The molecule has 2 aromatic rings. The van der Waals surface area contributed by atoms with Crippen LogP contribution in [0, 0.1) is 18.3 Å². The highest BCUT2D eigenvalue weighted by molar-refractivity contribution is 9.10. The number of carbonyl (C=O) groups excluding carboxylic acids is 1. The smallest absolute Gasteiger partial charge is 0.185 e. The predicted molar refractivity (Wildman–Crippen MR) is 84.6 cm³/mol. The molecule has 21 heavy (non-hydrogen) atoms. The zero-order chi connectivity index (χ0) is 15.4. The Balaban J connectivity index is 2.41. The number of nitriles is 1. The number of rotatable bonds is 4. The fourth-order valence-electron chi connectivity index (χ4n) is 2.02. The third-order valence-corrected chi connectivity index (χ3v) is 3.93. The maximum Gasteiger partial charge on any atom is 0.185 e. The second-order valence-electron chi connectivity index (χ2n) is 4.68. The van der Waals surface area contributed by atoms with Gasteiger partial charge in [-0.3, -0.25) is 4.79 Å². The molecule has 2 aromatic carbocycles. The van der Waals surface area contributed by atoms with Crippen molar-refractivity contribution in [3.05, 3.63) is 63.6 Å². The molecule has 1 unspecified atom stereocenters. The summed E-state index contributed by atoms with van der Waals surface area (Å²) in [5, 5.41) is 9.38. The van der Waals surface area contributed by atoms with Crippen LogP contribution < -0.4 is 4.74 Å². The number of methoxy groups -OCH3 is 1. The monoisotopic (exact) mass is 343 g/mol. The molecule has 0 amide bonds. The summed E-state index contributed by atoms with van der Waals surface area (Å²) in [6, 6.07) is 14.7. The molecule has 0 N–H and O–H groups in total. The Kier molecular flexibility index (Phi) is 4.77. The van der Waals surface area contributed by atoms with Gasteiger partial charge in [0.1, 0.15) is 11.7 Å². The van der Waals surface area contributed by atoms with Crippen molar-refractivity contribution in [1.82, 2.24) is 0 Å². The fraction of sp³-hybridized carbons (Fsp3) is 0.176. The van der Waals surface area contributed by atoms with Crippen molar-refractivity contribution in [3.8, 4) is 11.8 Å². The zero-order valence-corrected chi connectivity index (χ0v) is 13.3. The highest BCUT2D eigenvalue weighted by Crippen LogP contribution is 2.28. The number of nitrogens with zero attached hydrogens (tertiary/aromatic N) is 1. The van der Waals surface area contributed by atoms with Crippen LogP contribution in [0.5, 0.6) is 5.75 Å². The SMILES string of the molecule is COc1ccc(Br)c(C(=O)C(C#N)c2ccc(C)cc2)c1. The van der Waals surface area contributed by atoms with Gasteiger partial charge in [0.25, 0.3) is 0 Å². The van der Waals surface area contributed by atoms with E-state index in [2.05, 4.69) is 22.0 Å². The molecular formula is C17H14BrNO2. The summed E-state index contributed by atoms with van der Waals surface area (Å²) in [7, 11) is 1.54. The minimum Gasteiger partial charge on any atom is -0.497 e. The average molecular weight is 344 g/mol. The van der Waals surface area contributed by atoms with Crippen LogP contribution in [0.1, 0.15) is 27.4 Å². The van der Waals surface area contributed by atoms with Gasteiger partial charge < -0.3 is 4.74 Å². The van der Waals surface area contributed by atoms with E-state index in [-0.39, 0.29) is 5.78 Å². The third-order valence-electron chi connectivity index (χ3n) is 3.24. The third kappa shape index (κ3) is 3.32. The van der Waals surface area contributed by atoms with Crippen molar-refractivity contribution in [1.29, 1.82) is 5.26 Å². The number of carbonyl (C=O) groups is 1. The molecule has 0 aliphatic rings. The molecule has 106 valence electrons. The number of aryl methyl sites for hydroxylation is 1. The average Bonchev–Trinajstić information content (AvgIpc) is 2.50. The molecule has 3 nitrogen and oxygen atoms in total. The molecule has 0 aromatic heterocycles. The number of hydrogen-bond acceptors (Lipinski definition) is 3. The van der Waals surface area contributed by atoms with Gasteiger partial charge in [0.2, 0.25) is 0 Å². The molecular weight excluding hydrogens is 330 g/mol. The summed E-state index contributed by atoms with van der Waals surface area (Å²) in [6.07, 6.45) is 0. The minimum absolute atomic E-state index is 0.243. The molecule has 0 radical (unpaired) electrons. The molecule has 4 heteroatoms. The Morgan fingerprint density at radius 2 is 1.90 bits per heavy atom. The lowest BCUT2D eigenvalue weighted by atomic mass is 9.91. The van der Waals surface area contributed by atoms with Crippen molar-refractivity contribution in [3.63, 3.8) is 0 Å². The Hall–Kier alpha value is -2.12. The number of Topliss-reactive ketones (excluding diaryl/α,β-unsaturated/α-hetero) is 1. The first-order valence-corrected chi connectivity index (χ1v) is 7.20. The van der Waals surface area contributed by atoms with Crippen LogP contribution in [0.25, 0.3) is 0 Å². The summed E-state index contributed by atoms with van der Waals surface area (Å²) in [5.74, 6) is -0.483. The van der Waals surface area contributed by atoms with Crippen LogP contribution in [0.3, 0.4) is 0 Å². The lowest BCUT2D eigenvalue weighted by Gasteiger charge is -2.11. The Labute approximate surface area is 132 Å². The van der Waals surface area contributed by atoms with Gasteiger partial charge in [0, 0.05) is 10.0 Å². The maximum absolute atomic E-state index is 12.6. The van der Waals surface area contributed by atoms with Crippen LogP contribution in [0.2, 0.25) is 0 Å². The standard InChI is InChI=1S/C17H14BrNO2/c1-11-3-5-12(6-4-11)15(10-19)17(20)14-9-13(21-2)7-8-16(14)18/h3-9,15H,1-2H3. The van der Waals surface area contributed by atoms with Gasteiger partial charge in [0.15, 0.2) is 5.78 Å². The van der Waals surface area contributed by atoms with Gasteiger partial charge in [0.05, 0.1) is 13.2 Å². The van der Waals surface area contributed by atoms with Gasteiger partial charge in [-0.25, -0.2) is 0 Å². The molecule has 2 rings (SSSR count). The zero-order valence-electron chi connectivity index (χ0n) is 11.8. The van der Waals surface area contributed by atoms with E-state index in [1.807, 2.05) is 31.2 Å². The van der Waals surface area contributed by atoms with E-state index in [1.54, 1.807) is 25.3 Å². The minimum atomic E-state index is -0.825. The van der Waals surface area contributed by atoms with Gasteiger partial charge >= 0.3 is 0 Å². The van der Waals surface area contributed by atoms with Gasteiger partial charge in [-0.1, -0.05) is 45.8 Å². The second kappa shape index (κ2) is 6.55. The molecule has 0 aliphatic carbocycles. The van der Waals surface area contributed by atoms with E-state index in [0.717, 1.165) is 5.56 Å². The number of ether oxygens (including phenoxy) is 1. The topological polar surface area (TPSA) is 50.1 Å². The molecule has 0 aliphatic heterocycles. The quantitative estimate of drug-likeness (QED) is 0.779. The summed E-state index contributed by atoms with van der Waals surface area (Å²) in [4.78, 5) is 12.6. The first kappa shape index (κ1) is 15.3. The first-order chi connectivity index (χ1) is 10.1. The molecule has 0 heterocycles. The molecule has 1 atom stereocenters. The highest BCUT2D eigenvalue weighted by atomic mass is 79.9. The lowest BCUT2D eigenvalue weighted by Crippen LogP contribution is -2.12. The maximum atomic E-state index is 12.6. The number of ketones is 1. The fourth-order valence-corrected chi connectivity index (χ4v) is 2.46. The second-order valence-corrected chi connectivity index (χ2v) is 5.54. The number of hydrogen-bond donors (Lipinski definition) is 0. The van der Waals surface area contributed by atoms with Crippen LogP contribution >= 0.6 is 15.9 Å². The van der Waals surface area contributed by atoms with Crippen molar-refractivity contribution in [2.75, 3.05) is 7.11 Å². The van der Waals surface area contributed by atoms with Crippen molar-refractivity contribution >= 4 is 21.7 Å². The first-order valence-electron chi connectivity index (χ1n) is 6.40. The van der Waals surface area contributed by atoms with Crippen LogP contribution in [0.15, 0.2) is 46.9 Å². The van der Waals surface area contributed by atoms with Crippen LogP contribution in [-0.4, -0.2) is 12.9 Å². The van der Waals surface area contributed by atoms with E-state index in [1.165, 1.54) is 0 Å². The van der Waals surface area contributed by atoms with Crippen molar-refractivity contribution in [2.24, 2.45) is 0 Å². The van der Waals surface area contributed by atoms with E-state index in [0.29, 0.717) is 21.3 Å². The predicted octanol–water partition coefficient (Wildman–Crippen LogP) is 4.26. The summed E-state index contributed by atoms with van der Waals surface area (Å²) in [5.41, 5.74) is 2.23. The largest absolute Gasteiger partial charge is 0.497 e. The van der Waals surface area contributed by atoms with Crippen LogP contribution in [0.4, 0.5) is 0 Å². The van der Waals surface area contributed by atoms with E-state index >= 15 is 0 Å². The molecule has 0 saturated heterocycles. The van der Waals surface area contributed by atoms with E-state index in [4.69, 9.17) is 4.74 Å². The Morgan fingerprint density at radius 1 is 1.24 bits per heavy atom.